The van der Waals surface area contributed by atoms with Crippen LogP contribution in [0.2, 0.25) is 5.02 Å². The van der Waals surface area contributed by atoms with Crippen LogP contribution in [0.1, 0.15) is 29.7 Å². The van der Waals surface area contributed by atoms with Gasteiger partial charge in [-0.25, -0.2) is 0 Å². The van der Waals surface area contributed by atoms with E-state index in [-0.39, 0.29) is 27.8 Å². The van der Waals surface area contributed by atoms with Crippen LogP contribution in [0, 0.1) is 6.92 Å². The van der Waals surface area contributed by atoms with Crippen LogP contribution >= 0.6 is 11.6 Å². The highest BCUT2D eigenvalue weighted by atomic mass is 35.5. The normalized spacial score (nSPS) is 17.4. The first-order valence-corrected chi connectivity index (χ1v) is 10.6. The lowest BCUT2D eigenvalue weighted by Gasteiger charge is -2.26. The molecule has 0 radical (unpaired) electrons. The van der Waals surface area contributed by atoms with Crippen molar-refractivity contribution in [2.24, 2.45) is 0 Å². The van der Waals surface area contributed by atoms with Gasteiger partial charge < -0.3 is 14.9 Å². The van der Waals surface area contributed by atoms with Crippen LogP contribution in [0.25, 0.3) is 5.76 Å². The number of ether oxygens (including phenoxy) is 1. The van der Waals surface area contributed by atoms with E-state index in [1.165, 1.54) is 30.6 Å². The van der Waals surface area contributed by atoms with Gasteiger partial charge in [0.25, 0.3) is 11.7 Å². The minimum absolute atomic E-state index is 0.0633. The molecule has 0 saturated carbocycles. The number of aromatic nitrogens is 1. The number of aryl methyl sites for hydroxylation is 1. The van der Waals surface area contributed by atoms with E-state index in [0.717, 1.165) is 10.5 Å². The predicted octanol–water partition coefficient (Wildman–Crippen LogP) is 4.77. The molecule has 7 nitrogen and oxygen atoms in total. The molecule has 1 atom stereocenters. The van der Waals surface area contributed by atoms with Gasteiger partial charge in [0.15, 0.2) is 0 Å². The van der Waals surface area contributed by atoms with Crippen molar-refractivity contribution in [3.63, 3.8) is 0 Å². The van der Waals surface area contributed by atoms with E-state index in [4.69, 9.17) is 16.3 Å². The molecular formula is C25H21ClN2O5. The fourth-order valence-electron chi connectivity index (χ4n) is 3.90. The highest BCUT2D eigenvalue weighted by molar-refractivity contribution is 6.52. The Bertz CT molecular complexity index is 1270. The van der Waals surface area contributed by atoms with Gasteiger partial charge >= 0.3 is 0 Å². The zero-order chi connectivity index (χ0) is 23.7. The summed E-state index contributed by atoms with van der Waals surface area (Å²) in [6.45, 7) is 4.18. The second-order valence-electron chi connectivity index (χ2n) is 7.50. The minimum Gasteiger partial charge on any atom is -0.507 e. The molecule has 1 aromatic heterocycles. The molecule has 2 heterocycles. The number of nitrogens with zero attached hydrogens (tertiary/aromatic N) is 2. The number of pyridine rings is 1. The number of amides is 1. The smallest absolute Gasteiger partial charge is 0.300 e. The number of aliphatic hydroxyl groups is 1. The number of anilines is 1. The quantitative estimate of drug-likeness (QED) is 0.320. The number of carbonyl (C=O) groups excluding carboxylic acids is 2. The number of rotatable bonds is 5. The van der Waals surface area contributed by atoms with Crippen LogP contribution in [0.3, 0.4) is 0 Å². The Labute approximate surface area is 195 Å². The average molecular weight is 465 g/mol. The third-order valence-corrected chi connectivity index (χ3v) is 5.65. The van der Waals surface area contributed by atoms with E-state index in [2.05, 4.69) is 4.98 Å². The zero-order valence-corrected chi connectivity index (χ0v) is 18.7. The van der Waals surface area contributed by atoms with Crippen molar-refractivity contribution in [3.8, 4) is 11.5 Å². The summed E-state index contributed by atoms with van der Waals surface area (Å²) in [4.78, 5) is 31.5. The number of hydrogen-bond donors (Lipinski definition) is 2. The number of benzene rings is 2. The van der Waals surface area contributed by atoms with Gasteiger partial charge in [0.05, 0.1) is 23.9 Å². The Morgan fingerprint density at radius 2 is 1.85 bits per heavy atom. The van der Waals surface area contributed by atoms with E-state index < -0.39 is 17.7 Å². The van der Waals surface area contributed by atoms with Gasteiger partial charge in [0, 0.05) is 23.0 Å². The monoisotopic (exact) mass is 464 g/mol. The van der Waals surface area contributed by atoms with Crippen LogP contribution in [0.4, 0.5) is 5.69 Å². The number of Topliss-reactive ketones (excluding diaryl/α,β-unsaturated/α-hetero) is 1. The number of ketones is 1. The lowest BCUT2D eigenvalue weighted by Crippen LogP contribution is -2.29. The fraction of sp³-hybridized carbons (Fsp3) is 0.160. The minimum atomic E-state index is -0.996. The third kappa shape index (κ3) is 4.03. The van der Waals surface area contributed by atoms with Gasteiger partial charge in [-0.1, -0.05) is 11.6 Å². The van der Waals surface area contributed by atoms with Crippen molar-refractivity contribution < 1.29 is 24.5 Å². The molecule has 168 valence electrons. The molecule has 2 aromatic carbocycles. The summed E-state index contributed by atoms with van der Waals surface area (Å²) in [6.07, 6.45) is 3.04. The van der Waals surface area contributed by atoms with E-state index >= 15 is 0 Å². The lowest BCUT2D eigenvalue weighted by atomic mass is 9.95. The largest absolute Gasteiger partial charge is 0.507 e. The summed E-state index contributed by atoms with van der Waals surface area (Å²) in [6, 6.07) is 11.5. The average Bonchev–Trinajstić information content (AvgIpc) is 3.07. The van der Waals surface area contributed by atoms with Gasteiger partial charge in [-0.3, -0.25) is 19.5 Å². The van der Waals surface area contributed by atoms with Gasteiger partial charge in [-0.2, -0.15) is 0 Å². The van der Waals surface area contributed by atoms with E-state index in [1.54, 1.807) is 30.3 Å². The fourth-order valence-corrected chi connectivity index (χ4v) is 4.07. The molecule has 1 aliphatic rings. The molecule has 4 rings (SSSR count). The molecule has 2 N–H and O–H groups in total. The van der Waals surface area contributed by atoms with Gasteiger partial charge in [-0.15, -0.1) is 0 Å². The second kappa shape index (κ2) is 8.96. The Kier molecular flexibility index (Phi) is 6.07. The first-order chi connectivity index (χ1) is 15.8. The van der Waals surface area contributed by atoms with Crippen molar-refractivity contribution in [2.45, 2.75) is 19.9 Å². The molecule has 3 aromatic rings. The zero-order valence-electron chi connectivity index (χ0n) is 17.9. The maximum Gasteiger partial charge on any atom is 0.300 e. The first kappa shape index (κ1) is 22.4. The third-order valence-electron chi connectivity index (χ3n) is 5.41. The Balaban J connectivity index is 1.93. The number of phenols is 1. The van der Waals surface area contributed by atoms with Crippen LogP contribution in [-0.2, 0) is 9.59 Å². The summed E-state index contributed by atoms with van der Waals surface area (Å²) in [5.41, 5.74) is 1.63. The van der Waals surface area contributed by atoms with E-state index in [0.29, 0.717) is 23.5 Å². The number of hydrogen-bond acceptors (Lipinski definition) is 6. The highest BCUT2D eigenvalue weighted by Crippen LogP contribution is 2.45. The second-order valence-corrected chi connectivity index (χ2v) is 7.93. The van der Waals surface area contributed by atoms with Crippen LogP contribution < -0.4 is 9.64 Å². The maximum absolute atomic E-state index is 13.2. The molecule has 1 aliphatic heterocycles. The summed E-state index contributed by atoms with van der Waals surface area (Å²) in [7, 11) is 0. The summed E-state index contributed by atoms with van der Waals surface area (Å²) in [5.74, 6) is -1.66. The molecule has 1 fully saturated rings. The van der Waals surface area contributed by atoms with Crippen LogP contribution in [0.5, 0.6) is 11.5 Å². The molecular weight excluding hydrogens is 444 g/mol. The Hall–Kier alpha value is -3.84. The Morgan fingerprint density at radius 3 is 2.52 bits per heavy atom. The number of carbonyl (C=O) groups is 2. The lowest BCUT2D eigenvalue weighted by molar-refractivity contribution is -0.132. The first-order valence-electron chi connectivity index (χ1n) is 10.3. The molecule has 1 saturated heterocycles. The number of aromatic hydroxyl groups is 1. The highest BCUT2D eigenvalue weighted by Gasteiger charge is 2.47. The predicted molar refractivity (Wildman–Crippen MR) is 124 cm³/mol. The van der Waals surface area contributed by atoms with Crippen molar-refractivity contribution in [2.75, 3.05) is 11.5 Å². The van der Waals surface area contributed by atoms with Gasteiger partial charge in [-0.05, 0) is 73.5 Å². The van der Waals surface area contributed by atoms with E-state index in [1.807, 2.05) is 13.8 Å². The summed E-state index contributed by atoms with van der Waals surface area (Å²) >= 11 is 6.11. The molecule has 0 aliphatic carbocycles. The van der Waals surface area contributed by atoms with Gasteiger partial charge in [0.2, 0.25) is 0 Å². The molecule has 0 bridgehead atoms. The van der Waals surface area contributed by atoms with Gasteiger partial charge in [0.1, 0.15) is 17.3 Å². The molecule has 33 heavy (non-hydrogen) atoms. The topological polar surface area (TPSA) is 100.0 Å². The molecule has 0 spiro atoms. The van der Waals surface area contributed by atoms with Crippen LogP contribution in [-0.4, -0.2) is 33.5 Å². The SMILES string of the molecule is CCOc1ccc(/C(O)=C2\C(=O)C(=O)N(c3cc(Cl)ccc3O)C2c2ccncc2)cc1C. The van der Waals surface area contributed by atoms with Crippen molar-refractivity contribution in [1.29, 1.82) is 0 Å². The molecule has 1 amide bonds. The summed E-state index contributed by atoms with van der Waals surface area (Å²) < 4.78 is 5.55. The van der Waals surface area contributed by atoms with Crippen molar-refractivity contribution in [3.05, 3.63) is 88.2 Å². The number of phenolic OH excluding ortho intramolecular Hbond substituents is 1. The van der Waals surface area contributed by atoms with Crippen molar-refractivity contribution >= 4 is 34.7 Å². The Morgan fingerprint density at radius 1 is 1.12 bits per heavy atom. The maximum atomic E-state index is 13.2. The summed E-state index contributed by atoms with van der Waals surface area (Å²) in [5, 5.41) is 21.9. The molecule has 1 unspecified atom stereocenters. The molecule has 8 heteroatoms. The standard InChI is InChI=1S/C25H21ClN2O5/c1-3-33-20-7-4-16(12-14(20)2)23(30)21-22(15-8-10-27-11-9-15)28(25(32)24(21)31)18-13-17(26)5-6-19(18)29/h4-13,22,29-30H,3H2,1-2H3/b23-21+. The number of halogens is 1. The van der Waals surface area contributed by atoms with E-state index in [9.17, 15) is 19.8 Å². The number of aliphatic hydroxyl groups excluding tert-OH is 1. The van der Waals surface area contributed by atoms with Crippen LogP contribution in [0.15, 0.2) is 66.5 Å². The van der Waals surface area contributed by atoms with Crippen molar-refractivity contribution in [1.82, 2.24) is 4.98 Å².